The number of hydrogen-bond donors (Lipinski definition) is 0. The van der Waals surface area contributed by atoms with Crippen LogP contribution < -0.4 is 0 Å². The smallest absolute Gasteiger partial charge is 0.164 e. The molecule has 314 valence electrons. The summed E-state index contributed by atoms with van der Waals surface area (Å²) in [7, 11) is 0. The molecule has 10 aromatic carbocycles. The van der Waals surface area contributed by atoms with Crippen molar-refractivity contribution < 1.29 is 0 Å². The van der Waals surface area contributed by atoms with E-state index in [1.54, 1.807) is 0 Å². The zero-order valence-corrected chi connectivity index (χ0v) is 36.5. The van der Waals surface area contributed by atoms with Crippen LogP contribution in [0, 0.1) is 0 Å². The van der Waals surface area contributed by atoms with Crippen LogP contribution in [0.2, 0.25) is 0 Å². The van der Waals surface area contributed by atoms with Crippen molar-refractivity contribution in [3.05, 3.63) is 255 Å². The quantitative estimate of drug-likeness (QED) is 0.145. The van der Waals surface area contributed by atoms with E-state index in [2.05, 4.69) is 259 Å². The van der Waals surface area contributed by atoms with Gasteiger partial charge in [0, 0.05) is 33.2 Å². The van der Waals surface area contributed by atoms with E-state index in [-0.39, 0.29) is 0 Å². The topological polar surface area (TPSA) is 43.6 Å². The van der Waals surface area contributed by atoms with Gasteiger partial charge in [-0.25, -0.2) is 15.0 Å². The van der Waals surface area contributed by atoms with Gasteiger partial charge >= 0.3 is 0 Å². The molecule has 0 radical (unpaired) electrons. The third-order valence-electron chi connectivity index (χ3n) is 12.7. The molecular formula is C63H42N4. The second kappa shape index (κ2) is 17.2. The normalized spacial score (nSPS) is 11.3. The Labute approximate surface area is 389 Å². The van der Waals surface area contributed by atoms with Gasteiger partial charge in [-0.2, -0.15) is 0 Å². The highest BCUT2D eigenvalue weighted by Gasteiger charge is 2.18. The molecule has 4 nitrogen and oxygen atoms in total. The fourth-order valence-electron chi connectivity index (χ4n) is 9.34. The minimum atomic E-state index is 0.609. The summed E-state index contributed by atoms with van der Waals surface area (Å²) in [6.45, 7) is 0. The number of nitrogens with zero attached hydrogens (tertiary/aromatic N) is 4. The number of benzene rings is 10. The maximum absolute atomic E-state index is 5.25. The van der Waals surface area contributed by atoms with Gasteiger partial charge in [0.1, 0.15) is 0 Å². The highest BCUT2D eigenvalue weighted by molar-refractivity contribution is 6.09. The molecule has 0 spiro atoms. The van der Waals surface area contributed by atoms with Crippen LogP contribution in [0.15, 0.2) is 255 Å². The first-order valence-corrected chi connectivity index (χ1v) is 22.7. The Bertz CT molecular complexity index is 3670. The minimum Gasteiger partial charge on any atom is -0.309 e. The van der Waals surface area contributed by atoms with Crippen molar-refractivity contribution in [3.8, 4) is 95.5 Å². The van der Waals surface area contributed by atoms with E-state index < -0.39 is 0 Å². The molecule has 0 fully saturated rings. The van der Waals surface area contributed by atoms with Gasteiger partial charge in [0.25, 0.3) is 0 Å². The van der Waals surface area contributed by atoms with Crippen molar-refractivity contribution in [3.63, 3.8) is 0 Å². The van der Waals surface area contributed by atoms with E-state index >= 15 is 0 Å². The van der Waals surface area contributed by atoms with Crippen molar-refractivity contribution in [2.24, 2.45) is 0 Å². The monoisotopic (exact) mass is 854 g/mol. The molecule has 0 unspecified atom stereocenters. The maximum Gasteiger partial charge on any atom is 0.164 e. The Hall–Kier alpha value is -8.99. The molecule has 4 heteroatoms. The van der Waals surface area contributed by atoms with Gasteiger partial charge in [0.15, 0.2) is 17.5 Å². The number of para-hydroxylation sites is 2. The molecule has 12 aromatic rings. The molecule has 0 N–H and O–H groups in total. The predicted octanol–water partition coefficient (Wildman–Crippen LogP) is 16.3. The van der Waals surface area contributed by atoms with Crippen LogP contribution in [-0.2, 0) is 0 Å². The third kappa shape index (κ3) is 7.67. The van der Waals surface area contributed by atoms with E-state index in [0.29, 0.717) is 17.5 Å². The molecule has 0 aliphatic carbocycles. The summed E-state index contributed by atoms with van der Waals surface area (Å²) in [5.74, 6) is 1.83. The van der Waals surface area contributed by atoms with Gasteiger partial charge in [-0.3, -0.25) is 0 Å². The van der Waals surface area contributed by atoms with E-state index in [4.69, 9.17) is 15.0 Å². The average molecular weight is 855 g/mol. The molecule has 12 rings (SSSR count). The predicted molar refractivity (Wildman–Crippen MR) is 278 cm³/mol. The zero-order valence-electron chi connectivity index (χ0n) is 36.5. The molecule has 0 saturated carbocycles. The molecule has 0 amide bonds. The molecular weight excluding hydrogens is 813 g/mol. The molecule has 0 bridgehead atoms. The van der Waals surface area contributed by atoms with Crippen molar-refractivity contribution in [2.75, 3.05) is 0 Å². The second-order valence-corrected chi connectivity index (χ2v) is 16.8. The van der Waals surface area contributed by atoms with Crippen LogP contribution in [0.3, 0.4) is 0 Å². The van der Waals surface area contributed by atoms with Gasteiger partial charge < -0.3 is 4.57 Å². The van der Waals surface area contributed by atoms with Gasteiger partial charge in [-0.1, -0.05) is 218 Å². The highest BCUT2D eigenvalue weighted by atomic mass is 15.0. The zero-order chi connectivity index (χ0) is 44.5. The Balaban J connectivity index is 0.937. The molecule has 2 aromatic heterocycles. The Morgan fingerprint density at radius 1 is 0.224 bits per heavy atom. The summed E-state index contributed by atoms with van der Waals surface area (Å²) in [4.78, 5) is 15.7. The number of hydrogen-bond acceptors (Lipinski definition) is 3. The fourth-order valence-corrected chi connectivity index (χ4v) is 9.34. The van der Waals surface area contributed by atoms with Gasteiger partial charge in [-0.05, 0) is 92.0 Å². The summed E-state index contributed by atoms with van der Waals surface area (Å²) in [6, 6.07) is 90.0. The maximum atomic E-state index is 5.25. The van der Waals surface area contributed by atoms with Crippen LogP contribution in [0.25, 0.3) is 117 Å². The van der Waals surface area contributed by atoms with Gasteiger partial charge in [0.05, 0.1) is 11.0 Å². The van der Waals surface area contributed by atoms with Crippen LogP contribution in [0.4, 0.5) is 0 Å². The fraction of sp³-hybridized carbons (Fsp3) is 0. The SMILES string of the molecule is c1ccc(-c2cccc(-c3ccc(-c4nc(-c5ccc(-c6cccc(-n7c8ccccc8c8ccccc87)c6)cc5)nc(-c5ccccc5-c5cccc(-c6ccccc6)c5)n4)cc3)c2)cc1. The summed E-state index contributed by atoms with van der Waals surface area (Å²) in [5, 5.41) is 2.49. The number of aromatic nitrogens is 4. The standard InChI is InChI=1S/C63H42N4/c1-3-16-43(17-4-1)49-20-13-21-50(40-49)45-32-36-47(37-33-45)61-64-62(66-63(65-61)58-29-8-7-26-55(58)53-24-14-22-51(41-53)44-18-5-2-6-19-44)48-38-34-46(35-39-48)52-23-15-25-54(42-52)67-59-30-11-9-27-56(59)57-28-10-12-31-60(57)67/h1-42H. The number of rotatable bonds is 9. The van der Waals surface area contributed by atoms with Crippen molar-refractivity contribution in [1.29, 1.82) is 0 Å². The van der Waals surface area contributed by atoms with Crippen LogP contribution in [0.5, 0.6) is 0 Å². The number of fused-ring (bicyclic) bond motifs is 3. The highest BCUT2D eigenvalue weighted by Crippen LogP contribution is 2.37. The van der Waals surface area contributed by atoms with E-state index in [1.807, 2.05) is 0 Å². The van der Waals surface area contributed by atoms with E-state index in [1.165, 1.54) is 38.5 Å². The largest absolute Gasteiger partial charge is 0.309 e. The Morgan fingerprint density at radius 3 is 1.12 bits per heavy atom. The first-order valence-electron chi connectivity index (χ1n) is 22.7. The molecule has 67 heavy (non-hydrogen) atoms. The lowest BCUT2D eigenvalue weighted by Gasteiger charge is -2.13. The first kappa shape index (κ1) is 39.6. The van der Waals surface area contributed by atoms with Gasteiger partial charge in [0.2, 0.25) is 0 Å². The minimum absolute atomic E-state index is 0.609. The van der Waals surface area contributed by atoms with Crippen LogP contribution >= 0.6 is 0 Å². The van der Waals surface area contributed by atoms with Crippen LogP contribution in [0.1, 0.15) is 0 Å². The Kier molecular flexibility index (Phi) is 10.2. The molecule has 0 atom stereocenters. The first-order chi connectivity index (χ1) is 33.2. The lowest BCUT2D eigenvalue weighted by atomic mass is 9.95. The van der Waals surface area contributed by atoms with Crippen LogP contribution in [-0.4, -0.2) is 19.5 Å². The van der Waals surface area contributed by atoms with E-state index in [9.17, 15) is 0 Å². The van der Waals surface area contributed by atoms with Crippen molar-refractivity contribution >= 4 is 21.8 Å². The van der Waals surface area contributed by atoms with Crippen molar-refractivity contribution in [2.45, 2.75) is 0 Å². The lowest BCUT2D eigenvalue weighted by molar-refractivity contribution is 1.07. The third-order valence-corrected chi connectivity index (χ3v) is 12.7. The molecule has 0 aliphatic rings. The summed E-state index contributed by atoms with van der Waals surface area (Å²) in [5.41, 5.74) is 17.6. The summed E-state index contributed by atoms with van der Waals surface area (Å²) in [6.07, 6.45) is 0. The van der Waals surface area contributed by atoms with Crippen molar-refractivity contribution in [1.82, 2.24) is 19.5 Å². The van der Waals surface area contributed by atoms with Gasteiger partial charge in [-0.15, -0.1) is 0 Å². The average Bonchev–Trinajstić information content (AvgIpc) is 3.76. The summed E-state index contributed by atoms with van der Waals surface area (Å²) >= 11 is 0. The van der Waals surface area contributed by atoms with E-state index in [0.717, 1.165) is 61.3 Å². The second-order valence-electron chi connectivity index (χ2n) is 16.8. The molecule has 2 heterocycles. The lowest BCUT2D eigenvalue weighted by Crippen LogP contribution is -2.01. The Morgan fingerprint density at radius 2 is 0.582 bits per heavy atom. The molecule has 0 aliphatic heterocycles. The molecule has 0 saturated heterocycles. The summed E-state index contributed by atoms with van der Waals surface area (Å²) < 4.78 is 2.36.